The van der Waals surface area contributed by atoms with Crippen LogP contribution >= 0.6 is 11.6 Å². The molecule has 1 N–H and O–H groups in total. The topological polar surface area (TPSA) is 104 Å². The van der Waals surface area contributed by atoms with Crippen LogP contribution in [0.5, 0.6) is 5.75 Å². The number of carboxylic acids is 1. The van der Waals surface area contributed by atoms with Crippen LogP contribution in [0.1, 0.15) is 18.4 Å². The standard InChI is InChI=1S/C25H23ClF4N2O6/c26-16-3-1-2-14(6-16)10-31-4-5-32(21(35)12-31)11-17(33)7-15(8-22(36)37)20(34)13-38-25-23(29)18(27)9-19(28)24(25)30/h1-3,6,9,15H,4-5,7-8,10-13H2,(H,36,37)/t15-/m0/s1. The number of hydrogen-bond acceptors (Lipinski definition) is 6. The molecule has 0 spiro atoms. The van der Waals surface area contributed by atoms with Crippen molar-refractivity contribution in [3.05, 3.63) is 64.2 Å². The summed E-state index contributed by atoms with van der Waals surface area (Å²) in [5, 5.41) is 9.68. The van der Waals surface area contributed by atoms with E-state index in [1.54, 1.807) is 18.2 Å². The second-order valence-electron chi connectivity index (χ2n) is 8.75. The summed E-state index contributed by atoms with van der Waals surface area (Å²) >= 11 is 5.98. The van der Waals surface area contributed by atoms with Crippen LogP contribution in [0, 0.1) is 29.2 Å². The van der Waals surface area contributed by atoms with Crippen molar-refractivity contribution in [2.24, 2.45) is 5.92 Å². The van der Waals surface area contributed by atoms with Gasteiger partial charge in [0.1, 0.15) is 6.61 Å². The molecule has 0 aromatic heterocycles. The summed E-state index contributed by atoms with van der Waals surface area (Å²) in [4.78, 5) is 52.1. The molecule has 0 unspecified atom stereocenters. The Labute approximate surface area is 219 Å². The number of benzene rings is 2. The average molecular weight is 559 g/mol. The highest BCUT2D eigenvalue weighted by Crippen LogP contribution is 2.27. The van der Waals surface area contributed by atoms with Crippen LogP contribution in [0.25, 0.3) is 0 Å². The lowest BCUT2D eigenvalue weighted by atomic mass is 9.94. The van der Waals surface area contributed by atoms with Gasteiger partial charge < -0.3 is 14.7 Å². The molecule has 8 nitrogen and oxygen atoms in total. The van der Waals surface area contributed by atoms with Gasteiger partial charge in [-0.2, -0.15) is 8.78 Å². The van der Waals surface area contributed by atoms with Gasteiger partial charge in [-0.1, -0.05) is 23.7 Å². The van der Waals surface area contributed by atoms with Crippen molar-refractivity contribution < 1.29 is 46.6 Å². The molecule has 0 bridgehead atoms. The zero-order chi connectivity index (χ0) is 28.0. The van der Waals surface area contributed by atoms with Gasteiger partial charge in [-0.15, -0.1) is 0 Å². The molecule has 1 aliphatic rings. The molecule has 2 aromatic carbocycles. The van der Waals surface area contributed by atoms with Crippen LogP contribution in [0.4, 0.5) is 17.6 Å². The predicted octanol–water partition coefficient (Wildman–Crippen LogP) is 3.24. The van der Waals surface area contributed by atoms with Gasteiger partial charge in [0.2, 0.25) is 17.5 Å². The van der Waals surface area contributed by atoms with E-state index < -0.39 is 71.9 Å². The number of carboxylic acid groups (broad SMARTS) is 1. The molecule has 0 aliphatic carbocycles. The number of carbonyl (C=O) groups excluding carboxylic acids is 3. The fraction of sp³-hybridized carbons (Fsp3) is 0.360. The number of halogens is 5. The van der Waals surface area contributed by atoms with Gasteiger partial charge in [-0.05, 0) is 17.7 Å². The summed E-state index contributed by atoms with van der Waals surface area (Å²) in [6, 6.07) is 7.12. The Hall–Kier alpha value is -3.51. The Morgan fingerprint density at radius 3 is 2.32 bits per heavy atom. The van der Waals surface area contributed by atoms with E-state index in [1.165, 1.54) is 4.90 Å². The van der Waals surface area contributed by atoms with Gasteiger partial charge in [-0.25, -0.2) is 8.78 Å². The molecule has 1 atom stereocenters. The van der Waals surface area contributed by atoms with Gasteiger partial charge in [0.15, 0.2) is 29.0 Å². The first kappa shape index (κ1) is 29.1. The third-order valence-corrected chi connectivity index (χ3v) is 6.08. The zero-order valence-corrected chi connectivity index (χ0v) is 20.6. The average Bonchev–Trinajstić information content (AvgIpc) is 2.83. The molecule has 2 aromatic rings. The molecule has 1 heterocycles. The Kier molecular flexibility index (Phi) is 9.81. The highest BCUT2D eigenvalue weighted by molar-refractivity contribution is 6.30. The maximum atomic E-state index is 13.8. The number of aliphatic carboxylic acids is 1. The number of amides is 1. The van der Waals surface area contributed by atoms with Crippen LogP contribution < -0.4 is 4.74 Å². The van der Waals surface area contributed by atoms with Crippen LogP contribution in [0.3, 0.4) is 0 Å². The molecule has 0 radical (unpaired) electrons. The van der Waals surface area contributed by atoms with Crippen molar-refractivity contribution in [3.8, 4) is 5.75 Å². The molecule has 1 saturated heterocycles. The SMILES string of the molecule is O=C(O)C[C@H](CC(=O)CN1CCN(Cc2cccc(Cl)c2)CC1=O)C(=O)COc1c(F)c(F)cc(F)c1F. The van der Waals surface area contributed by atoms with Crippen molar-refractivity contribution in [2.75, 3.05) is 32.8 Å². The molecule has 1 amide bonds. The largest absolute Gasteiger partial charge is 0.481 e. The van der Waals surface area contributed by atoms with Crippen LogP contribution in [-0.2, 0) is 25.7 Å². The minimum Gasteiger partial charge on any atom is -0.481 e. The van der Waals surface area contributed by atoms with Gasteiger partial charge in [0, 0.05) is 43.1 Å². The van der Waals surface area contributed by atoms with Crippen molar-refractivity contribution in [1.29, 1.82) is 0 Å². The summed E-state index contributed by atoms with van der Waals surface area (Å²) in [6.07, 6.45) is -1.40. The third-order valence-electron chi connectivity index (χ3n) is 5.84. The van der Waals surface area contributed by atoms with E-state index >= 15 is 0 Å². The lowest BCUT2D eigenvalue weighted by molar-refractivity contribution is -0.143. The minimum absolute atomic E-state index is 0.0342. The molecule has 13 heteroatoms. The van der Waals surface area contributed by atoms with E-state index in [0.29, 0.717) is 18.1 Å². The van der Waals surface area contributed by atoms with Crippen molar-refractivity contribution in [3.63, 3.8) is 0 Å². The highest BCUT2D eigenvalue weighted by Gasteiger charge is 2.30. The summed E-state index contributed by atoms with van der Waals surface area (Å²) in [5.41, 5.74) is 0.910. The van der Waals surface area contributed by atoms with E-state index in [-0.39, 0.29) is 31.6 Å². The molecular formula is C25H23ClF4N2O6. The Bertz CT molecular complexity index is 1220. The number of ketones is 2. The Morgan fingerprint density at radius 1 is 1.03 bits per heavy atom. The van der Waals surface area contributed by atoms with Gasteiger partial charge in [0.25, 0.3) is 0 Å². The number of Topliss-reactive ketones (excluding diaryl/α,β-unsaturated/α-hetero) is 2. The number of rotatable bonds is 12. The number of carbonyl (C=O) groups is 4. The quantitative estimate of drug-likeness (QED) is 0.315. The van der Waals surface area contributed by atoms with E-state index in [9.17, 15) is 36.7 Å². The van der Waals surface area contributed by atoms with Crippen LogP contribution in [-0.4, -0.2) is 71.1 Å². The van der Waals surface area contributed by atoms with Crippen molar-refractivity contribution in [1.82, 2.24) is 9.80 Å². The third kappa shape index (κ3) is 7.75. The minimum atomic E-state index is -1.87. The maximum Gasteiger partial charge on any atom is 0.304 e. The molecule has 1 aliphatic heterocycles. The van der Waals surface area contributed by atoms with Gasteiger partial charge in [0.05, 0.1) is 19.5 Å². The van der Waals surface area contributed by atoms with Crippen LogP contribution in [0.15, 0.2) is 30.3 Å². The van der Waals surface area contributed by atoms with Gasteiger partial charge in [-0.3, -0.25) is 24.1 Å². The van der Waals surface area contributed by atoms with E-state index in [4.69, 9.17) is 16.7 Å². The van der Waals surface area contributed by atoms with Gasteiger partial charge >= 0.3 is 5.97 Å². The number of hydrogen-bond donors (Lipinski definition) is 1. The highest BCUT2D eigenvalue weighted by atomic mass is 35.5. The first-order chi connectivity index (χ1) is 17.9. The smallest absolute Gasteiger partial charge is 0.304 e. The summed E-state index contributed by atoms with van der Waals surface area (Å²) in [5.74, 6) is -13.6. The molecular weight excluding hydrogens is 536 g/mol. The fourth-order valence-corrected chi connectivity index (χ4v) is 4.17. The van der Waals surface area contributed by atoms with Crippen LogP contribution in [0.2, 0.25) is 5.02 Å². The Balaban J connectivity index is 1.56. The van der Waals surface area contributed by atoms with E-state index in [0.717, 1.165) is 5.56 Å². The molecule has 3 rings (SSSR count). The Morgan fingerprint density at radius 2 is 1.71 bits per heavy atom. The number of nitrogens with zero attached hydrogens (tertiary/aromatic N) is 2. The number of ether oxygens (including phenoxy) is 1. The summed E-state index contributed by atoms with van der Waals surface area (Å²) in [6.45, 7) is -0.324. The maximum absolute atomic E-state index is 13.8. The normalized spacial score (nSPS) is 14.9. The second kappa shape index (κ2) is 12.8. The lowest BCUT2D eigenvalue weighted by Crippen LogP contribution is -2.51. The van der Waals surface area contributed by atoms with Crippen molar-refractivity contribution in [2.45, 2.75) is 19.4 Å². The monoisotopic (exact) mass is 558 g/mol. The first-order valence-corrected chi connectivity index (χ1v) is 11.8. The first-order valence-electron chi connectivity index (χ1n) is 11.4. The number of piperazine rings is 1. The second-order valence-corrected chi connectivity index (χ2v) is 9.18. The molecule has 0 saturated carbocycles. The summed E-state index contributed by atoms with van der Waals surface area (Å²) in [7, 11) is 0. The summed E-state index contributed by atoms with van der Waals surface area (Å²) < 4.78 is 58.8. The molecule has 38 heavy (non-hydrogen) atoms. The zero-order valence-electron chi connectivity index (χ0n) is 19.9. The van der Waals surface area contributed by atoms with Crippen molar-refractivity contribution >= 4 is 35.0 Å². The van der Waals surface area contributed by atoms with E-state index in [2.05, 4.69) is 4.74 Å². The fourth-order valence-electron chi connectivity index (χ4n) is 3.95. The van der Waals surface area contributed by atoms with E-state index in [1.807, 2.05) is 11.0 Å². The molecule has 204 valence electrons. The predicted molar refractivity (Wildman–Crippen MR) is 125 cm³/mol. The lowest BCUT2D eigenvalue weighted by Gasteiger charge is -2.34. The molecule has 1 fully saturated rings.